The third-order valence-electron chi connectivity index (χ3n) is 4.81. The van der Waals surface area contributed by atoms with Crippen LogP contribution in [0.4, 0.5) is 11.4 Å². The van der Waals surface area contributed by atoms with Gasteiger partial charge in [-0.25, -0.2) is 4.79 Å². The van der Waals surface area contributed by atoms with E-state index in [-0.39, 0.29) is 11.5 Å². The Bertz CT molecular complexity index is 754. The number of rotatable bonds is 9. The van der Waals surface area contributed by atoms with E-state index in [0.717, 1.165) is 25.7 Å². The molecule has 0 fully saturated rings. The molecule has 1 amide bonds. The first-order valence-corrected chi connectivity index (χ1v) is 9.47. The normalized spacial score (nSPS) is 11.8. The van der Waals surface area contributed by atoms with E-state index in [9.17, 15) is 9.59 Å². The second-order valence-corrected chi connectivity index (χ2v) is 6.81. The molecule has 0 saturated carbocycles. The van der Waals surface area contributed by atoms with Crippen LogP contribution in [-0.4, -0.2) is 23.5 Å². The minimum Gasteiger partial charge on any atom is -0.478 e. The van der Waals surface area contributed by atoms with Crippen molar-refractivity contribution in [3.63, 3.8) is 0 Å². The first-order chi connectivity index (χ1) is 13.0. The number of hydrogen-bond donors (Lipinski definition) is 2. The van der Waals surface area contributed by atoms with Crippen LogP contribution >= 0.6 is 0 Å². The van der Waals surface area contributed by atoms with Crippen LogP contribution in [0.1, 0.15) is 60.2 Å². The van der Waals surface area contributed by atoms with E-state index in [1.165, 1.54) is 12.1 Å². The summed E-state index contributed by atoms with van der Waals surface area (Å²) in [5.74, 6) is -0.692. The first-order valence-electron chi connectivity index (χ1n) is 9.47. The third-order valence-corrected chi connectivity index (χ3v) is 4.81. The molecule has 0 saturated heterocycles. The Labute approximate surface area is 160 Å². The van der Waals surface area contributed by atoms with E-state index in [1.807, 2.05) is 0 Å². The largest absolute Gasteiger partial charge is 0.478 e. The van der Waals surface area contributed by atoms with Gasteiger partial charge in [0.25, 0.3) is 5.91 Å². The van der Waals surface area contributed by atoms with Gasteiger partial charge in [0.2, 0.25) is 0 Å². The Morgan fingerprint density at radius 3 is 2.11 bits per heavy atom. The molecule has 0 bridgehead atoms. The number of carboxylic acids is 1. The maximum Gasteiger partial charge on any atom is 0.335 e. The van der Waals surface area contributed by atoms with Gasteiger partial charge in [-0.05, 0) is 60.9 Å². The average molecular weight is 368 g/mol. The fourth-order valence-corrected chi connectivity index (χ4v) is 3.05. The highest BCUT2D eigenvalue weighted by Gasteiger charge is 2.21. The summed E-state index contributed by atoms with van der Waals surface area (Å²) in [6.45, 7) is 4.90. The SMILES string of the molecule is CCCCC(CC)CN(C(=O)c1ccc(N)cc1)c1ccc(C(=O)O)cc1. The average Bonchev–Trinajstić information content (AvgIpc) is 2.68. The number of unbranched alkanes of at least 4 members (excludes halogenated alkanes) is 1. The fourth-order valence-electron chi connectivity index (χ4n) is 3.05. The van der Waals surface area contributed by atoms with Gasteiger partial charge in [-0.1, -0.05) is 33.1 Å². The Morgan fingerprint density at radius 2 is 1.59 bits per heavy atom. The highest BCUT2D eigenvalue weighted by atomic mass is 16.4. The van der Waals surface area contributed by atoms with Crippen LogP contribution in [0.2, 0.25) is 0 Å². The number of nitrogens with zero attached hydrogens (tertiary/aromatic N) is 1. The highest BCUT2D eigenvalue weighted by molar-refractivity contribution is 6.06. The zero-order chi connectivity index (χ0) is 19.8. The van der Waals surface area contributed by atoms with Crippen LogP contribution in [0, 0.1) is 5.92 Å². The molecule has 0 radical (unpaired) electrons. The van der Waals surface area contributed by atoms with E-state index >= 15 is 0 Å². The summed E-state index contributed by atoms with van der Waals surface area (Å²) in [5, 5.41) is 9.12. The van der Waals surface area contributed by atoms with Crippen LogP contribution < -0.4 is 10.6 Å². The van der Waals surface area contributed by atoms with Gasteiger partial charge in [-0.3, -0.25) is 4.79 Å². The molecule has 0 aliphatic heterocycles. The predicted molar refractivity (Wildman–Crippen MR) is 109 cm³/mol. The van der Waals surface area contributed by atoms with Gasteiger partial charge in [-0.2, -0.15) is 0 Å². The molecular weight excluding hydrogens is 340 g/mol. The number of carboxylic acid groups (broad SMARTS) is 1. The number of aromatic carboxylic acids is 1. The zero-order valence-corrected chi connectivity index (χ0v) is 16.0. The molecule has 1 atom stereocenters. The number of anilines is 2. The number of nitrogen functional groups attached to an aromatic ring is 1. The van der Waals surface area contributed by atoms with Crippen LogP contribution in [0.25, 0.3) is 0 Å². The van der Waals surface area contributed by atoms with E-state index in [0.29, 0.717) is 29.4 Å². The van der Waals surface area contributed by atoms with E-state index in [1.54, 1.807) is 41.3 Å². The summed E-state index contributed by atoms with van der Waals surface area (Å²) in [6, 6.07) is 13.4. The lowest BCUT2D eigenvalue weighted by atomic mass is 9.98. The predicted octanol–water partition coefficient (Wildman–Crippen LogP) is 4.83. The van der Waals surface area contributed by atoms with Gasteiger partial charge < -0.3 is 15.7 Å². The maximum absolute atomic E-state index is 13.2. The molecule has 2 aromatic carbocycles. The van der Waals surface area contributed by atoms with Crippen molar-refractivity contribution >= 4 is 23.3 Å². The molecule has 144 valence electrons. The number of carbonyl (C=O) groups excluding carboxylic acids is 1. The summed E-state index contributed by atoms with van der Waals surface area (Å²) < 4.78 is 0. The number of amides is 1. The van der Waals surface area contributed by atoms with Crippen LogP contribution in [0.5, 0.6) is 0 Å². The van der Waals surface area contributed by atoms with Crippen molar-refractivity contribution < 1.29 is 14.7 Å². The van der Waals surface area contributed by atoms with Gasteiger partial charge in [0.1, 0.15) is 0 Å². The Hall–Kier alpha value is -2.82. The van der Waals surface area contributed by atoms with Gasteiger partial charge >= 0.3 is 5.97 Å². The molecule has 2 rings (SSSR count). The van der Waals surface area contributed by atoms with Crippen LogP contribution in [0.15, 0.2) is 48.5 Å². The third kappa shape index (κ3) is 5.58. The summed E-state index contributed by atoms with van der Waals surface area (Å²) in [4.78, 5) is 26.0. The molecule has 2 aromatic rings. The molecule has 5 nitrogen and oxygen atoms in total. The molecule has 5 heteroatoms. The Kier molecular flexibility index (Phi) is 7.41. The number of nitrogens with two attached hydrogens (primary N) is 1. The first kappa shape index (κ1) is 20.5. The van der Waals surface area contributed by atoms with Crippen molar-refractivity contribution in [3.05, 3.63) is 59.7 Å². The van der Waals surface area contributed by atoms with Crippen molar-refractivity contribution in [3.8, 4) is 0 Å². The molecule has 3 N–H and O–H groups in total. The van der Waals surface area contributed by atoms with E-state index in [4.69, 9.17) is 10.8 Å². The van der Waals surface area contributed by atoms with Gasteiger partial charge in [-0.15, -0.1) is 0 Å². The minimum atomic E-state index is -0.979. The zero-order valence-electron chi connectivity index (χ0n) is 16.0. The van der Waals surface area contributed by atoms with E-state index in [2.05, 4.69) is 13.8 Å². The fraction of sp³-hybridized carbons (Fsp3) is 0.364. The topological polar surface area (TPSA) is 83.6 Å². The monoisotopic (exact) mass is 368 g/mol. The molecule has 1 unspecified atom stereocenters. The van der Waals surface area contributed by atoms with Crippen molar-refractivity contribution in [1.29, 1.82) is 0 Å². The van der Waals surface area contributed by atoms with Crippen LogP contribution in [0.3, 0.4) is 0 Å². The van der Waals surface area contributed by atoms with Crippen molar-refractivity contribution in [1.82, 2.24) is 0 Å². The highest BCUT2D eigenvalue weighted by Crippen LogP contribution is 2.23. The van der Waals surface area contributed by atoms with Gasteiger partial charge in [0.15, 0.2) is 0 Å². The molecule has 0 aliphatic carbocycles. The van der Waals surface area contributed by atoms with Gasteiger partial charge in [0.05, 0.1) is 5.56 Å². The van der Waals surface area contributed by atoms with Crippen molar-refractivity contribution in [2.75, 3.05) is 17.2 Å². The van der Waals surface area contributed by atoms with Crippen molar-refractivity contribution in [2.24, 2.45) is 5.92 Å². The van der Waals surface area contributed by atoms with E-state index < -0.39 is 5.97 Å². The number of benzene rings is 2. The lowest BCUT2D eigenvalue weighted by molar-refractivity contribution is 0.0696. The molecule has 0 aromatic heterocycles. The molecule has 0 aliphatic rings. The second-order valence-electron chi connectivity index (χ2n) is 6.81. The van der Waals surface area contributed by atoms with Crippen LogP contribution in [-0.2, 0) is 0 Å². The smallest absolute Gasteiger partial charge is 0.335 e. The minimum absolute atomic E-state index is 0.104. The second kappa shape index (κ2) is 9.76. The lowest BCUT2D eigenvalue weighted by Crippen LogP contribution is -2.35. The molecule has 0 heterocycles. The summed E-state index contributed by atoms with van der Waals surface area (Å²) in [7, 11) is 0. The lowest BCUT2D eigenvalue weighted by Gasteiger charge is -2.28. The molecular formula is C22H28N2O3. The molecule has 27 heavy (non-hydrogen) atoms. The Morgan fingerprint density at radius 1 is 1.00 bits per heavy atom. The Balaban J connectivity index is 2.33. The quantitative estimate of drug-likeness (QED) is 0.621. The maximum atomic E-state index is 13.2. The summed E-state index contributed by atoms with van der Waals surface area (Å²) in [5.41, 5.74) is 7.82. The molecule has 0 spiro atoms. The summed E-state index contributed by atoms with van der Waals surface area (Å²) in [6.07, 6.45) is 4.29. The van der Waals surface area contributed by atoms with Gasteiger partial charge in [0, 0.05) is 23.5 Å². The summed E-state index contributed by atoms with van der Waals surface area (Å²) >= 11 is 0. The van der Waals surface area contributed by atoms with Crippen molar-refractivity contribution in [2.45, 2.75) is 39.5 Å². The standard InChI is InChI=1S/C22H28N2O3/c1-3-5-6-16(4-2)15-24(20-13-9-18(10-14-20)22(26)27)21(25)17-7-11-19(23)12-8-17/h7-14,16H,3-6,15,23H2,1-2H3,(H,26,27). The number of carbonyl (C=O) groups is 2. The number of hydrogen-bond acceptors (Lipinski definition) is 3.